The minimum atomic E-state index is -0.488. The van der Waals surface area contributed by atoms with Gasteiger partial charge >= 0.3 is 5.97 Å². The highest BCUT2D eigenvalue weighted by atomic mass is 16.6. The quantitative estimate of drug-likeness (QED) is 0.751. The fraction of sp³-hybridized carbons (Fsp3) is 0.882. The maximum absolute atomic E-state index is 12.5. The molecule has 2 fully saturated rings. The van der Waals surface area contributed by atoms with Crippen LogP contribution in [0.25, 0.3) is 0 Å². The maximum atomic E-state index is 12.5. The first-order valence-corrected chi connectivity index (χ1v) is 8.39. The van der Waals surface area contributed by atoms with Gasteiger partial charge in [0.15, 0.2) is 0 Å². The van der Waals surface area contributed by atoms with Gasteiger partial charge in [0, 0.05) is 13.0 Å². The molecule has 2 aliphatic rings. The molecular formula is C17H29NO3. The third-order valence-corrected chi connectivity index (χ3v) is 4.44. The van der Waals surface area contributed by atoms with Crippen molar-refractivity contribution in [2.45, 2.75) is 83.8 Å². The van der Waals surface area contributed by atoms with Crippen LogP contribution in [0.4, 0.5) is 0 Å². The molecule has 0 aromatic carbocycles. The molecule has 2 rings (SSSR count). The van der Waals surface area contributed by atoms with Crippen LogP contribution >= 0.6 is 0 Å². The van der Waals surface area contributed by atoms with Crippen molar-refractivity contribution in [3.05, 3.63) is 0 Å². The molecule has 120 valence electrons. The van der Waals surface area contributed by atoms with Crippen molar-refractivity contribution in [3.8, 4) is 0 Å². The number of nitrogens with zero attached hydrogens (tertiary/aromatic N) is 1. The highest BCUT2D eigenvalue weighted by Gasteiger charge is 2.37. The molecule has 4 heteroatoms. The number of hydrogen-bond donors (Lipinski definition) is 0. The Kier molecular flexibility index (Phi) is 5.28. The topological polar surface area (TPSA) is 46.6 Å². The van der Waals surface area contributed by atoms with E-state index in [2.05, 4.69) is 0 Å². The van der Waals surface area contributed by atoms with Gasteiger partial charge in [-0.15, -0.1) is 0 Å². The van der Waals surface area contributed by atoms with Crippen LogP contribution in [0, 0.1) is 5.92 Å². The summed E-state index contributed by atoms with van der Waals surface area (Å²) in [5.74, 6) is 0.429. The Morgan fingerprint density at radius 1 is 1.05 bits per heavy atom. The molecule has 1 amide bonds. The highest BCUT2D eigenvalue weighted by molar-refractivity contribution is 5.85. The standard InChI is InChI=1S/C17H29NO3/c1-17(2,3)21-16(20)14-10-7-11-18(14)15(19)12-13-8-5-4-6-9-13/h13-14H,4-12H2,1-3H3/t14-/m1/s1. The van der Waals surface area contributed by atoms with Gasteiger partial charge in [0.2, 0.25) is 5.91 Å². The van der Waals surface area contributed by atoms with E-state index in [0.717, 1.165) is 25.7 Å². The van der Waals surface area contributed by atoms with Crippen LogP contribution in [-0.2, 0) is 14.3 Å². The van der Waals surface area contributed by atoms with Gasteiger partial charge in [-0.05, 0) is 52.4 Å². The zero-order chi connectivity index (χ0) is 15.5. The minimum Gasteiger partial charge on any atom is -0.458 e. The summed E-state index contributed by atoms with van der Waals surface area (Å²) in [6.45, 7) is 6.31. The first kappa shape index (κ1) is 16.3. The third-order valence-electron chi connectivity index (χ3n) is 4.44. The van der Waals surface area contributed by atoms with Crippen LogP contribution < -0.4 is 0 Å². The molecule has 1 aliphatic heterocycles. The van der Waals surface area contributed by atoms with Crippen molar-refractivity contribution in [1.82, 2.24) is 4.90 Å². The summed E-state index contributed by atoms with van der Waals surface area (Å²) in [6, 6.07) is -0.361. The number of hydrogen-bond acceptors (Lipinski definition) is 3. The molecule has 1 atom stereocenters. The molecule has 0 bridgehead atoms. The maximum Gasteiger partial charge on any atom is 0.329 e. The van der Waals surface area contributed by atoms with Gasteiger partial charge < -0.3 is 9.64 Å². The lowest BCUT2D eigenvalue weighted by atomic mass is 9.86. The summed E-state index contributed by atoms with van der Waals surface area (Å²) in [6.07, 6.45) is 8.37. The first-order chi connectivity index (χ1) is 9.87. The average molecular weight is 295 g/mol. The number of carbonyl (C=O) groups excluding carboxylic acids is 2. The van der Waals surface area contributed by atoms with Crippen molar-refractivity contribution in [1.29, 1.82) is 0 Å². The van der Waals surface area contributed by atoms with Crippen LogP contribution in [0.5, 0.6) is 0 Å². The van der Waals surface area contributed by atoms with Crippen LogP contribution in [0.15, 0.2) is 0 Å². The molecular weight excluding hydrogens is 266 g/mol. The lowest BCUT2D eigenvalue weighted by molar-refractivity contribution is -0.163. The van der Waals surface area contributed by atoms with E-state index in [9.17, 15) is 9.59 Å². The van der Waals surface area contributed by atoms with E-state index in [4.69, 9.17) is 4.74 Å². The fourth-order valence-electron chi connectivity index (χ4n) is 3.44. The van der Waals surface area contributed by atoms with E-state index in [1.807, 2.05) is 20.8 Å². The number of amides is 1. The van der Waals surface area contributed by atoms with E-state index in [0.29, 0.717) is 18.9 Å². The molecule has 4 nitrogen and oxygen atoms in total. The summed E-state index contributed by atoms with van der Waals surface area (Å²) in [4.78, 5) is 26.5. The normalized spacial score (nSPS) is 24.1. The van der Waals surface area contributed by atoms with Crippen LogP contribution in [0.2, 0.25) is 0 Å². The summed E-state index contributed by atoms with van der Waals surface area (Å²) >= 11 is 0. The monoisotopic (exact) mass is 295 g/mol. The molecule has 1 aliphatic carbocycles. The Labute approximate surface area is 128 Å². The Morgan fingerprint density at radius 3 is 2.33 bits per heavy atom. The summed E-state index contributed by atoms with van der Waals surface area (Å²) < 4.78 is 5.46. The molecule has 0 unspecified atom stereocenters. The largest absolute Gasteiger partial charge is 0.458 e. The van der Waals surface area contributed by atoms with E-state index in [-0.39, 0.29) is 17.9 Å². The second-order valence-electron chi connectivity index (χ2n) is 7.49. The molecule has 21 heavy (non-hydrogen) atoms. The Bertz CT molecular complexity index is 380. The zero-order valence-corrected chi connectivity index (χ0v) is 13.7. The molecule has 0 aromatic rings. The fourth-order valence-corrected chi connectivity index (χ4v) is 3.44. The number of rotatable bonds is 3. The van der Waals surface area contributed by atoms with Crippen LogP contribution in [0.1, 0.15) is 72.1 Å². The van der Waals surface area contributed by atoms with E-state index in [1.165, 1.54) is 19.3 Å². The second kappa shape index (κ2) is 6.80. The van der Waals surface area contributed by atoms with Gasteiger partial charge in [0.25, 0.3) is 0 Å². The van der Waals surface area contributed by atoms with Gasteiger partial charge in [0.1, 0.15) is 11.6 Å². The first-order valence-electron chi connectivity index (χ1n) is 8.39. The molecule has 0 N–H and O–H groups in total. The van der Waals surface area contributed by atoms with E-state index >= 15 is 0 Å². The Hall–Kier alpha value is -1.06. The van der Waals surface area contributed by atoms with Crippen molar-refractivity contribution in [2.75, 3.05) is 6.54 Å². The molecule has 1 saturated heterocycles. The Balaban J connectivity index is 1.91. The van der Waals surface area contributed by atoms with Crippen molar-refractivity contribution in [3.63, 3.8) is 0 Å². The lowest BCUT2D eigenvalue weighted by Crippen LogP contribution is -2.44. The number of esters is 1. The number of likely N-dealkylation sites (tertiary alicyclic amines) is 1. The molecule has 0 spiro atoms. The van der Waals surface area contributed by atoms with Crippen molar-refractivity contribution < 1.29 is 14.3 Å². The SMILES string of the molecule is CC(C)(C)OC(=O)[C@H]1CCCN1C(=O)CC1CCCCC1. The average Bonchev–Trinajstić information content (AvgIpc) is 2.87. The van der Waals surface area contributed by atoms with Crippen LogP contribution in [-0.4, -0.2) is 35.0 Å². The van der Waals surface area contributed by atoms with Gasteiger partial charge in [-0.3, -0.25) is 4.79 Å². The van der Waals surface area contributed by atoms with Gasteiger partial charge in [-0.2, -0.15) is 0 Å². The molecule has 1 heterocycles. The Morgan fingerprint density at radius 2 is 1.71 bits per heavy atom. The minimum absolute atomic E-state index is 0.148. The van der Waals surface area contributed by atoms with E-state index in [1.54, 1.807) is 4.90 Å². The van der Waals surface area contributed by atoms with E-state index < -0.39 is 5.60 Å². The molecule has 0 aromatic heterocycles. The summed E-state index contributed by atoms with van der Waals surface area (Å²) in [5, 5.41) is 0. The predicted octanol–water partition coefficient (Wildman–Crippen LogP) is 3.29. The van der Waals surface area contributed by atoms with Gasteiger partial charge in [0.05, 0.1) is 0 Å². The van der Waals surface area contributed by atoms with Gasteiger partial charge in [-0.1, -0.05) is 19.3 Å². The zero-order valence-electron chi connectivity index (χ0n) is 13.7. The predicted molar refractivity (Wildman–Crippen MR) is 81.8 cm³/mol. The third kappa shape index (κ3) is 4.72. The lowest BCUT2D eigenvalue weighted by Gasteiger charge is -2.29. The summed E-state index contributed by atoms with van der Waals surface area (Å²) in [5.41, 5.74) is -0.488. The highest BCUT2D eigenvalue weighted by Crippen LogP contribution is 2.29. The van der Waals surface area contributed by atoms with Crippen molar-refractivity contribution in [2.24, 2.45) is 5.92 Å². The second-order valence-corrected chi connectivity index (χ2v) is 7.49. The smallest absolute Gasteiger partial charge is 0.329 e. The summed E-state index contributed by atoms with van der Waals surface area (Å²) in [7, 11) is 0. The van der Waals surface area contributed by atoms with Crippen molar-refractivity contribution >= 4 is 11.9 Å². The number of ether oxygens (including phenoxy) is 1. The number of carbonyl (C=O) groups is 2. The molecule has 0 radical (unpaired) electrons. The van der Waals surface area contributed by atoms with Crippen LogP contribution in [0.3, 0.4) is 0 Å². The molecule has 1 saturated carbocycles. The van der Waals surface area contributed by atoms with Gasteiger partial charge in [-0.25, -0.2) is 4.79 Å².